The number of benzene rings is 3. The Kier molecular flexibility index (Phi) is 6.57. The van der Waals surface area contributed by atoms with E-state index >= 15 is 0 Å². The van der Waals surface area contributed by atoms with Gasteiger partial charge in [0.25, 0.3) is 5.91 Å². The molecule has 0 bridgehead atoms. The van der Waals surface area contributed by atoms with Gasteiger partial charge in [-0.25, -0.2) is 9.78 Å². The molecule has 0 fully saturated rings. The molecule has 0 atom stereocenters. The number of aromatic nitrogens is 2. The number of rotatable bonds is 6. The molecule has 190 valence electrons. The van der Waals surface area contributed by atoms with Crippen LogP contribution in [0.3, 0.4) is 0 Å². The zero-order valence-corrected chi connectivity index (χ0v) is 21.8. The van der Waals surface area contributed by atoms with Gasteiger partial charge in [-0.15, -0.1) is 11.3 Å². The molecule has 0 unspecified atom stereocenters. The van der Waals surface area contributed by atoms with Gasteiger partial charge in [-0.05, 0) is 29.4 Å². The van der Waals surface area contributed by atoms with Crippen LogP contribution in [0.5, 0.6) is 0 Å². The Morgan fingerprint density at radius 3 is 2.71 bits per heavy atom. The van der Waals surface area contributed by atoms with Crippen molar-refractivity contribution >= 4 is 50.0 Å². The maximum atomic E-state index is 13.3. The normalized spacial score (nSPS) is 13.4. The fraction of sp³-hybridized carbons (Fsp3) is 0.200. The summed E-state index contributed by atoms with van der Waals surface area (Å²) in [5, 5.41) is 8.16. The van der Waals surface area contributed by atoms with Crippen LogP contribution in [-0.2, 0) is 22.5 Å². The lowest BCUT2D eigenvalue weighted by atomic mass is 9.96. The molecule has 1 aliphatic rings. The van der Waals surface area contributed by atoms with Crippen molar-refractivity contribution in [3.63, 3.8) is 0 Å². The number of ether oxygens (including phenoxy) is 1. The van der Waals surface area contributed by atoms with Crippen molar-refractivity contribution in [2.24, 2.45) is 0 Å². The monoisotopic (exact) mass is 522 g/mol. The van der Waals surface area contributed by atoms with E-state index in [9.17, 15) is 9.59 Å². The number of hydrogen-bond acceptors (Lipinski definition) is 7. The first-order valence-corrected chi connectivity index (χ1v) is 13.5. The molecule has 0 spiro atoms. The lowest BCUT2D eigenvalue weighted by molar-refractivity contribution is -0.119. The Morgan fingerprint density at radius 2 is 1.84 bits per heavy atom. The number of amides is 1. The summed E-state index contributed by atoms with van der Waals surface area (Å²) in [5.41, 5.74) is 4.84. The van der Waals surface area contributed by atoms with Crippen molar-refractivity contribution in [1.29, 1.82) is 0 Å². The number of pyridine rings is 1. The number of para-hydroxylation sites is 1. The van der Waals surface area contributed by atoms with Crippen molar-refractivity contribution in [2.45, 2.75) is 19.9 Å². The van der Waals surface area contributed by atoms with Crippen LogP contribution in [0.2, 0.25) is 0 Å². The number of nitrogens with zero attached hydrogens (tertiary/aromatic N) is 3. The van der Waals surface area contributed by atoms with Crippen molar-refractivity contribution in [2.75, 3.05) is 25.0 Å². The van der Waals surface area contributed by atoms with Crippen molar-refractivity contribution < 1.29 is 14.3 Å². The number of esters is 1. The van der Waals surface area contributed by atoms with Gasteiger partial charge in [0.1, 0.15) is 0 Å². The van der Waals surface area contributed by atoms with E-state index in [1.165, 1.54) is 11.3 Å². The maximum Gasteiger partial charge on any atom is 0.339 e. The highest BCUT2D eigenvalue weighted by Gasteiger charge is 2.26. The fourth-order valence-electron chi connectivity index (χ4n) is 4.92. The average Bonchev–Trinajstić information content (AvgIpc) is 3.42. The SMILES string of the molecule is CCN1CCc2nc3ccccc3c(C(=O)OCC(=O)Nc3nc(-c4ccc5ccccc5c4)cs3)c2C1. The summed E-state index contributed by atoms with van der Waals surface area (Å²) in [6, 6.07) is 21.9. The zero-order chi connectivity index (χ0) is 26.1. The first-order valence-electron chi connectivity index (χ1n) is 12.6. The maximum absolute atomic E-state index is 13.3. The highest BCUT2D eigenvalue weighted by Crippen LogP contribution is 2.30. The highest BCUT2D eigenvalue weighted by atomic mass is 32.1. The molecule has 0 saturated carbocycles. The number of nitrogens with one attached hydrogen (secondary N) is 1. The first-order chi connectivity index (χ1) is 18.6. The molecule has 0 saturated heterocycles. The topological polar surface area (TPSA) is 84.4 Å². The second-order valence-electron chi connectivity index (χ2n) is 9.27. The van der Waals surface area contributed by atoms with Crippen molar-refractivity contribution in [3.05, 3.63) is 88.9 Å². The van der Waals surface area contributed by atoms with Crippen LogP contribution in [0.15, 0.2) is 72.1 Å². The molecule has 0 radical (unpaired) electrons. The molecule has 2 aromatic heterocycles. The van der Waals surface area contributed by atoms with Gasteiger partial charge in [0.2, 0.25) is 0 Å². The Bertz CT molecular complexity index is 1680. The molecule has 6 rings (SSSR count). The molecule has 3 aromatic carbocycles. The second kappa shape index (κ2) is 10.3. The van der Waals surface area contributed by atoms with Gasteiger partial charge < -0.3 is 4.74 Å². The van der Waals surface area contributed by atoms with Gasteiger partial charge in [0.15, 0.2) is 11.7 Å². The molecule has 3 heterocycles. The quantitative estimate of drug-likeness (QED) is 0.289. The van der Waals surface area contributed by atoms with E-state index in [1.807, 2.05) is 47.8 Å². The predicted octanol–water partition coefficient (Wildman–Crippen LogP) is 5.69. The molecule has 1 amide bonds. The van der Waals surface area contributed by atoms with E-state index < -0.39 is 18.5 Å². The number of thiazole rings is 1. The third kappa shape index (κ3) is 4.76. The number of carbonyl (C=O) groups is 2. The van der Waals surface area contributed by atoms with Crippen LogP contribution in [0.25, 0.3) is 32.9 Å². The van der Waals surface area contributed by atoms with E-state index in [2.05, 4.69) is 46.4 Å². The minimum atomic E-state index is -0.510. The van der Waals surface area contributed by atoms with E-state index in [0.717, 1.165) is 63.7 Å². The summed E-state index contributed by atoms with van der Waals surface area (Å²) in [6.45, 7) is 4.13. The van der Waals surface area contributed by atoms with E-state index in [0.29, 0.717) is 17.2 Å². The third-order valence-electron chi connectivity index (χ3n) is 6.91. The average molecular weight is 523 g/mol. The third-order valence-corrected chi connectivity index (χ3v) is 7.66. The Labute approximate surface area is 224 Å². The standard InChI is InChI=1S/C30H26N4O3S/c1-2-34-14-13-25-23(16-34)28(22-9-5-6-10-24(22)31-25)29(36)37-17-27(35)33-30-32-26(18-38-30)21-12-11-19-7-3-4-8-20(19)15-21/h3-12,15,18H,2,13-14,16-17H2,1H3,(H,32,33,35). The van der Waals surface area contributed by atoms with Gasteiger partial charge >= 0.3 is 5.97 Å². The largest absolute Gasteiger partial charge is 0.452 e. The smallest absolute Gasteiger partial charge is 0.339 e. The fourth-order valence-corrected chi connectivity index (χ4v) is 5.66. The van der Waals surface area contributed by atoms with Gasteiger partial charge in [-0.1, -0.05) is 61.5 Å². The molecular formula is C30H26N4O3S. The van der Waals surface area contributed by atoms with E-state index in [1.54, 1.807) is 0 Å². The summed E-state index contributed by atoms with van der Waals surface area (Å²) >= 11 is 1.33. The summed E-state index contributed by atoms with van der Waals surface area (Å²) in [5.74, 6) is -0.941. The van der Waals surface area contributed by atoms with Crippen LogP contribution in [-0.4, -0.2) is 46.4 Å². The van der Waals surface area contributed by atoms with Gasteiger partial charge in [-0.3, -0.25) is 20.0 Å². The van der Waals surface area contributed by atoms with E-state index in [-0.39, 0.29) is 0 Å². The predicted molar refractivity (Wildman–Crippen MR) is 150 cm³/mol. The lowest BCUT2D eigenvalue weighted by Crippen LogP contribution is -2.32. The molecular weight excluding hydrogens is 496 g/mol. The van der Waals surface area contributed by atoms with Crippen molar-refractivity contribution in [3.8, 4) is 11.3 Å². The molecule has 5 aromatic rings. The van der Waals surface area contributed by atoms with Crippen LogP contribution in [0, 0.1) is 0 Å². The summed E-state index contributed by atoms with van der Waals surface area (Å²) in [6.07, 6.45) is 0.776. The first kappa shape index (κ1) is 24.2. The molecule has 1 N–H and O–H groups in total. The number of carbonyl (C=O) groups excluding carboxylic acids is 2. The number of fused-ring (bicyclic) bond motifs is 3. The highest BCUT2D eigenvalue weighted by molar-refractivity contribution is 7.14. The number of likely N-dealkylation sites (N-methyl/N-ethyl adjacent to an activating group) is 1. The molecule has 7 nitrogen and oxygen atoms in total. The van der Waals surface area contributed by atoms with Gasteiger partial charge in [0.05, 0.1) is 16.8 Å². The van der Waals surface area contributed by atoms with E-state index in [4.69, 9.17) is 9.72 Å². The number of hydrogen-bond donors (Lipinski definition) is 1. The van der Waals surface area contributed by atoms with Gasteiger partial charge in [0, 0.05) is 47.1 Å². The van der Waals surface area contributed by atoms with Crippen LogP contribution >= 0.6 is 11.3 Å². The zero-order valence-electron chi connectivity index (χ0n) is 20.9. The summed E-state index contributed by atoms with van der Waals surface area (Å²) in [7, 11) is 0. The second-order valence-corrected chi connectivity index (χ2v) is 10.1. The molecule has 0 aliphatic carbocycles. The van der Waals surface area contributed by atoms with Gasteiger partial charge in [-0.2, -0.15) is 0 Å². The minimum absolute atomic E-state index is 0.396. The Balaban J connectivity index is 1.17. The summed E-state index contributed by atoms with van der Waals surface area (Å²) in [4.78, 5) is 37.6. The summed E-state index contributed by atoms with van der Waals surface area (Å²) < 4.78 is 5.52. The molecule has 1 aliphatic heterocycles. The molecule has 8 heteroatoms. The molecule has 38 heavy (non-hydrogen) atoms. The minimum Gasteiger partial charge on any atom is -0.452 e. The van der Waals surface area contributed by atoms with Crippen LogP contribution < -0.4 is 5.32 Å². The van der Waals surface area contributed by atoms with Crippen molar-refractivity contribution in [1.82, 2.24) is 14.9 Å². The Hall–Kier alpha value is -4.14. The van der Waals surface area contributed by atoms with Crippen LogP contribution in [0.4, 0.5) is 5.13 Å². The lowest BCUT2D eigenvalue weighted by Gasteiger charge is -2.28. The number of anilines is 1. The Morgan fingerprint density at radius 1 is 1.03 bits per heavy atom. The van der Waals surface area contributed by atoms with Crippen LogP contribution in [0.1, 0.15) is 28.5 Å².